The molecule has 8 heteroatoms. The summed E-state index contributed by atoms with van der Waals surface area (Å²) >= 11 is 5.83. The van der Waals surface area contributed by atoms with Gasteiger partial charge in [-0.25, -0.2) is 19.0 Å². The third-order valence-corrected chi connectivity index (χ3v) is 4.15. The maximum Gasteiger partial charge on any atom is 0.168 e. The zero-order valence-electron chi connectivity index (χ0n) is 13.6. The van der Waals surface area contributed by atoms with Crippen LogP contribution in [0.15, 0.2) is 55.0 Å². The van der Waals surface area contributed by atoms with Gasteiger partial charge in [0.25, 0.3) is 0 Å². The Morgan fingerprint density at radius 1 is 1.12 bits per heavy atom. The number of hydrogen-bond acceptors (Lipinski definition) is 5. The number of nitrogens with one attached hydrogen (secondary N) is 1. The Labute approximate surface area is 153 Å². The molecule has 4 aromatic rings. The quantitative estimate of drug-likeness (QED) is 0.579. The van der Waals surface area contributed by atoms with Crippen LogP contribution in [0, 0.1) is 5.82 Å². The molecule has 0 spiro atoms. The summed E-state index contributed by atoms with van der Waals surface area (Å²) in [5.74, 6) is 0.838. The Morgan fingerprint density at radius 2 is 1.92 bits per heavy atom. The molecular weight excluding hydrogens is 357 g/mol. The molecule has 0 aliphatic heterocycles. The van der Waals surface area contributed by atoms with E-state index in [0.29, 0.717) is 17.2 Å². The molecule has 0 radical (unpaired) electrons. The first-order valence-corrected chi connectivity index (χ1v) is 8.09. The summed E-state index contributed by atoms with van der Waals surface area (Å²) in [7, 11) is 1.62. The van der Waals surface area contributed by atoms with Crippen LogP contribution in [-0.4, -0.2) is 26.9 Å². The molecule has 0 unspecified atom stereocenters. The Bertz CT molecular complexity index is 1080. The number of aromatic nitrogens is 4. The highest BCUT2D eigenvalue weighted by atomic mass is 35.5. The lowest BCUT2D eigenvalue weighted by atomic mass is 10.3. The molecule has 26 heavy (non-hydrogen) atoms. The van der Waals surface area contributed by atoms with Gasteiger partial charge < -0.3 is 10.1 Å². The summed E-state index contributed by atoms with van der Waals surface area (Å²) in [6.45, 7) is 0. The van der Waals surface area contributed by atoms with Crippen molar-refractivity contribution in [2.24, 2.45) is 0 Å². The summed E-state index contributed by atoms with van der Waals surface area (Å²) in [5.41, 5.74) is 2.10. The topological polar surface area (TPSA) is 64.9 Å². The van der Waals surface area contributed by atoms with E-state index in [1.807, 2.05) is 24.3 Å². The summed E-state index contributed by atoms with van der Waals surface area (Å²) in [6, 6.07) is 11.9. The van der Waals surface area contributed by atoms with Crippen molar-refractivity contribution in [1.82, 2.24) is 19.7 Å². The number of methoxy groups -OCH3 is 1. The van der Waals surface area contributed by atoms with Gasteiger partial charge in [0.2, 0.25) is 0 Å². The molecule has 1 N–H and O–H groups in total. The molecule has 2 heterocycles. The van der Waals surface area contributed by atoms with Crippen molar-refractivity contribution >= 4 is 34.1 Å². The molecule has 4 rings (SSSR count). The predicted molar refractivity (Wildman–Crippen MR) is 97.9 cm³/mol. The molecular formula is C18H13ClFN5O. The Kier molecular flexibility index (Phi) is 4.14. The van der Waals surface area contributed by atoms with Crippen molar-refractivity contribution in [3.63, 3.8) is 0 Å². The first-order valence-electron chi connectivity index (χ1n) is 7.71. The van der Waals surface area contributed by atoms with Gasteiger partial charge in [-0.05, 0) is 42.5 Å². The number of halogens is 2. The monoisotopic (exact) mass is 369 g/mol. The number of anilines is 2. The van der Waals surface area contributed by atoms with Crippen LogP contribution in [0.5, 0.6) is 5.75 Å². The van der Waals surface area contributed by atoms with Gasteiger partial charge >= 0.3 is 0 Å². The van der Waals surface area contributed by atoms with Gasteiger partial charge in [0, 0.05) is 5.69 Å². The van der Waals surface area contributed by atoms with Crippen molar-refractivity contribution in [2.75, 3.05) is 12.4 Å². The zero-order chi connectivity index (χ0) is 18.1. The Morgan fingerprint density at radius 3 is 2.65 bits per heavy atom. The van der Waals surface area contributed by atoms with E-state index in [0.717, 1.165) is 16.8 Å². The van der Waals surface area contributed by atoms with Crippen LogP contribution in [0.1, 0.15) is 0 Å². The largest absolute Gasteiger partial charge is 0.497 e. The standard InChI is InChI=1S/C18H13ClFN5O/c1-26-13-5-3-12(4-6-13)25-18-14(9-23-25)17(21-10-22-18)24-11-2-7-16(20)15(19)8-11/h2-10H,1H3,(H,21,22,24). The van der Waals surface area contributed by atoms with Gasteiger partial charge in [0.15, 0.2) is 5.65 Å². The highest BCUT2D eigenvalue weighted by Crippen LogP contribution is 2.27. The minimum absolute atomic E-state index is 0.0363. The third-order valence-electron chi connectivity index (χ3n) is 3.87. The van der Waals surface area contributed by atoms with E-state index in [1.165, 1.54) is 18.5 Å². The van der Waals surface area contributed by atoms with Crippen LogP contribution in [0.3, 0.4) is 0 Å². The highest BCUT2D eigenvalue weighted by molar-refractivity contribution is 6.31. The van der Waals surface area contributed by atoms with E-state index >= 15 is 0 Å². The van der Waals surface area contributed by atoms with Gasteiger partial charge in [-0.15, -0.1) is 0 Å². The third kappa shape index (κ3) is 2.93. The minimum Gasteiger partial charge on any atom is -0.497 e. The van der Waals surface area contributed by atoms with E-state index in [2.05, 4.69) is 20.4 Å². The second-order valence-electron chi connectivity index (χ2n) is 5.47. The molecule has 130 valence electrons. The van der Waals surface area contributed by atoms with E-state index in [9.17, 15) is 4.39 Å². The molecule has 0 fully saturated rings. The van der Waals surface area contributed by atoms with E-state index in [1.54, 1.807) is 24.1 Å². The molecule has 0 saturated heterocycles. The van der Waals surface area contributed by atoms with Crippen molar-refractivity contribution < 1.29 is 9.13 Å². The fourth-order valence-corrected chi connectivity index (χ4v) is 2.75. The highest BCUT2D eigenvalue weighted by Gasteiger charge is 2.12. The molecule has 0 amide bonds. The molecule has 2 aromatic carbocycles. The first-order chi connectivity index (χ1) is 12.7. The summed E-state index contributed by atoms with van der Waals surface area (Å²) in [6.07, 6.45) is 3.12. The zero-order valence-corrected chi connectivity index (χ0v) is 14.4. The second-order valence-corrected chi connectivity index (χ2v) is 5.88. The summed E-state index contributed by atoms with van der Waals surface area (Å²) < 4.78 is 20.2. The predicted octanol–water partition coefficient (Wildman–Crippen LogP) is 4.36. The van der Waals surface area contributed by atoms with Crippen LogP contribution in [-0.2, 0) is 0 Å². The Hall–Kier alpha value is -3.19. The van der Waals surface area contributed by atoms with Crippen LogP contribution in [0.2, 0.25) is 5.02 Å². The molecule has 0 aliphatic carbocycles. The summed E-state index contributed by atoms with van der Waals surface area (Å²) in [4.78, 5) is 8.58. The lowest BCUT2D eigenvalue weighted by Gasteiger charge is -2.08. The van der Waals surface area contributed by atoms with Crippen molar-refractivity contribution in [3.8, 4) is 11.4 Å². The maximum atomic E-state index is 13.3. The first kappa shape index (κ1) is 16.3. The number of ether oxygens (including phenoxy) is 1. The number of rotatable bonds is 4. The number of benzene rings is 2. The summed E-state index contributed by atoms with van der Waals surface area (Å²) in [5, 5.41) is 8.29. The average molecular weight is 370 g/mol. The van der Waals surface area contributed by atoms with E-state index < -0.39 is 5.82 Å². The lowest BCUT2D eigenvalue weighted by Crippen LogP contribution is -1.99. The lowest BCUT2D eigenvalue weighted by molar-refractivity contribution is 0.414. The number of hydrogen-bond donors (Lipinski definition) is 1. The second kappa shape index (κ2) is 6.61. The number of fused-ring (bicyclic) bond motifs is 1. The van der Waals surface area contributed by atoms with Gasteiger partial charge in [0.05, 0.1) is 29.4 Å². The molecule has 0 atom stereocenters. The van der Waals surface area contributed by atoms with Gasteiger partial charge in [-0.1, -0.05) is 11.6 Å². The molecule has 0 saturated carbocycles. The molecule has 2 aromatic heterocycles. The van der Waals surface area contributed by atoms with Crippen LogP contribution in [0.4, 0.5) is 15.9 Å². The van der Waals surface area contributed by atoms with Gasteiger partial charge in [-0.3, -0.25) is 0 Å². The normalized spacial score (nSPS) is 10.9. The Balaban J connectivity index is 1.73. The minimum atomic E-state index is -0.475. The average Bonchev–Trinajstić information content (AvgIpc) is 3.10. The van der Waals surface area contributed by atoms with Crippen LogP contribution < -0.4 is 10.1 Å². The van der Waals surface area contributed by atoms with E-state index in [-0.39, 0.29) is 5.02 Å². The SMILES string of the molecule is COc1ccc(-n2ncc3c(Nc4ccc(F)c(Cl)c4)ncnc32)cc1. The van der Waals surface area contributed by atoms with Gasteiger partial charge in [0.1, 0.15) is 23.7 Å². The molecule has 0 aliphatic rings. The van der Waals surface area contributed by atoms with Crippen molar-refractivity contribution in [1.29, 1.82) is 0 Å². The maximum absolute atomic E-state index is 13.3. The smallest absolute Gasteiger partial charge is 0.168 e. The molecule has 0 bridgehead atoms. The van der Waals surface area contributed by atoms with Gasteiger partial charge in [-0.2, -0.15) is 5.10 Å². The van der Waals surface area contributed by atoms with Crippen molar-refractivity contribution in [3.05, 3.63) is 65.8 Å². The fourth-order valence-electron chi connectivity index (χ4n) is 2.57. The fraction of sp³-hybridized carbons (Fsp3) is 0.0556. The van der Waals surface area contributed by atoms with E-state index in [4.69, 9.17) is 16.3 Å². The van der Waals surface area contributed by atoms with Crippen LogP contribution in [0.25, 0.3) is 16.7 Å². The van der Waals surface area contributed by atoms with Crippen LogP contribution >= 0.6 is 11.6 Å². The van der Waals surface area contributed by atoms with Crippen molar-refractivity contribution in [2.45, 2.75) is 0 Å². The number of nitrogens with zero attached hydrogens (tertiary/aromatic N) is 4. The molecule has 6 nitrogen and oxygen atoms in total.